The summed E-state index contributed by atoms with van der Waals surface area (Å²) in [6, 6.07) is 27.6. The molecule has 0 aromatic heterocycles. The van der Waals surface area contributed by atoms with E-state index in [1.54, 1.807) is 54.6 Å². The van der Waals surface area contributed by atoms with Crippen LogP contribution in [0.1, 0.15) is 34.7 Å². The standard InChI is InChI=1S/C35H38ClN3O4S/c1-5-37-35(41)33(22-28-10-7-6-8-11-28)38(23-29-12-9-13-30(36)21-29)34(40)24-39(31-19-26(3)18-27(4)20-31)44(42,43)32-16-14-25(2)15-17-32/h6-21,33H,5,22-24H2,1-4H3,(H,37,41)/t33-/m0/s1. The van der Waals surface area contributed by atoms with Crippen LogP contribution in [-0.2, 0) is 32.6 Å². The van der Waals surface area contributed by atoms with Crippen LogP contribution < -0.4 is 9.62 Å². The van der Waals surface area contributed by atoms with Gasteiger partial charge in [-0.2, -0.15) is 0 Å². The number of halogens is 1. The van der Waals surface area contributed by atoms with Gasteiger partial charge in [-0.05, 0) is 86.3 Å². The zero-order valence-corrected chi connectivity index (χ0v) is 27.0. The van der Waals surface area contributed by atoms with Crippen molar-refractivity contribution in [3.05, 3.63) is 130 Å². The Bertz CT molecular complexity index is 1690. The fourth-order valence-electron chi connectivity index (χ4n) is 5.14. The Balaban J connectivity index is 1.82. The number of aryl methyl sites for hydroxylation is 3. The van der Waals surface area contributed by atoms with Gasteiger partial charge in [-0.25, -0.2) is 8.42 Å². The molecule has 0 unspecified atom stereocenters. The van der Waals surface area contributed by atoms with Gasteiger partial charge >= 0.3 is 0 Å². The van der Waals surface area contributed by atoms with Crippen molar-refractivity contribution in [2.75, 3.05) is 17.4 Å². The maximum atomic E-state index is 14.5. The lowest BCUT2D eigenvalue weighted by Gasteiger charge is -2.34. The minimum atomic E-state index is -4.16. The van der Waals surface area contributed by atoms with Crippen molar-refractivity contribution in [1.29, 1.82) is 0 Å². The number of likely N-dealkylation sites (N-methyl/N-ethyl adjacent to an activating group) is 1. The SMILES string of the molecule is CCNC(=O)[C@H](Cc1ccccc1)N(Cc1cccc(Cl)c1)C(=O)CN(c1cc(C)cc(C)c1)S(=O)(=O)c1ccc(C)cc1. The summed E-state index contributed by atoms with van der Waals surface area (Å²) < 4.78 is 29.5. The lowest BCUT2D eigenvalue weighted by Crippen LogP contribution is -2.53. The minimum Gasteiger partial charge on any atom is -0.355 e. The summed E-state index contributed by atoms with van der Waals surface area (Å²) in [4.78, 5) is 29.6. The smallest absolute Gasteiger partial charge is 0.264 e. The van der Waals surface area contributed by atoms with Crippen LogP contribution in [0.3, 0.4) is 0 Å². The molecule has 0 spiro atoms. The number of amides is 2. The summed E-state index contributed by atoms with van der Waals surface area (Å²) in [6.45, 7) is 7.38. The maximum Gasteiger partial charge on any atom is 0.264 e. The first kappa shape index (κ1) is 32.8. The molecule has 1 N–H and O–H groups in total. The van der Waals surface area contributed by atoms with Gasteiger partial charge in [0.15, 0.2) is 0 Å². The van der Waals surface area contributed by atoms with Crippen LogP contribution in [0.5, 0.6) is 0 Å². The van der Waals surface area contributed by atoms with Gasteiger partial charge in [-0.1, -0.05) is 77.8 Å². The highest BCUT2D eigenvalue weighted by atomic mass is 35.5. The number of nitrogens with one attached hydrogen (secondary N) is 1. The largest absolute Gasteiger partial charge is 0.355 e. The van der Waals surface area contributed by atoms with Crippen LogP contribution in [0.4, 0.5) is 5.69 Å². The first-order valence-corrected chi connectivity index (χ1v) is 16.3. The van der Waals surface area contributed by atoms with E-state index in [4.69, 9.17) is 11.6 Å². The number of carbonyl (C=O) groups excluding carboxylic acids is 2. The van der Waals surface area contributed by atoms with Gasteiger partial charge in [0.25, 0.3) is 10.0 Å². The van der Waals surface area contributed by atoms with Gasteiger partial charge in [0.1, 0.15) is 12.6 Å². The number of anilines is 1. The highest BCUT2D eigenvalue weighted by molar-refractivity contribution is 7.92. The number of hydrogen-bond acceptors (Lipinski definition) is 4. The van der Waals surface area contributed by atoms with E-state index in [1.807, 2.05) is 70.2 Å². The number of benzene rings is 4. The second kappa shape index (κ2) is 14.6. The summed E-state index contributed by atoms with van der Waals surface area (Å²) >= 11 is 6.29. The van der Waals surface area contributed by atoms with E-state index in [0.29, 0.717) is 22.8 Å². The van der Waals surface area contributed by atoms with Crippen molar-refractivity contribution in [2.45, 2.75) is 51.6 Å². The minimum absolute atomic E-state index is 0.0549. The van der Waals surface area contributed by atoms with Crippen LogP contribution in [0.2, 0.25) is 5.02 Å². The van der Waals surface area contributed by atoms with Crippen LogP contribution >= 0.6 is 11.6 Å². The molecule has 4 aromatic carbocycles. The molecule has 0 saturated carbocycles. The lowest BCUT2D eigenvalue weighted by molar-refractivity contribution is -0.140. The number of hydrogen-bond donors (Lipinski definition) is 1. The Morgan fingerprint density at radius 3 is 2.05 bits per heavy atom. The number of carbonyl (C=O) groups is 2. The van der Waals surface area contributed by atoms with E-state index in [1.165, 1.54) is 4.90 Å². The Morgan fingerprint density at radius 1 is 0.795 bits per heavy atom. The molecule has 4 rings (SSSR count). The summed E-state index contributed by atoms with van der Waals surface area (Å²) in [6.07, 6.45) is 0.243. The summed E-state index contributed by atoms with van der Waals surface area (Å²) in [7, 11) is -4.16. The molecule has 0 aliphatic heterocycles. The first-order valence-electron chi connectivity index (χ1n) is 14.5. The molecule has 0 heterocycles. The number of sulfonamides is 1. The van der Waals surface area contributed by atoms with Crippen LogP contribution in [-0.4, -0.2) is 44.3 Å². The molecule has 0 saturated heterocycles. The van der Waals surface area contributed by atoms with Gasteiger partial charge in [-0.15, -0.1) is 0 Å². The normalized spacial score (nSPS) is 11.9. The summed E-state index contributed by atoms with van der Waals surface area (Å²) in [5, 5.41) is 3.36. The molecule has 0 aliphatic carbocycles. The second-order valence-electron chi connectivity index (χ2n) is 10.9. The highest BCUT2D eigenvalue weighted by Gasteiger charge is 2.34. The molecular formula is C35H38ClN3O4S. The molecule has 7 nitrogen and oxygen atoms in total. The summed E-state index contributed by atoms with van der Waals surface area (Å²) in [5.74, 6) is -0.849. The highest BCUT2D eigenvalue weighted by Crippen LogP contribution is 2.27. The van der Waals surface area contributed by atoms with Crippen molar-refractivity contribution in [1.82, 2.24) is 10.2 Å². The van der Waals surface area contributed by atoms with Gasteiger partial charge in [0, 0.05) is 24.5 Å². The van der Waals surface area contributed by atoms with Gasteiger partial charge in [0.05, 0.1) is 10.6 Å². The fraction of sp³-hybridized carbons (Fsp3) is 0.257. The zero-order chi connectivity index (χ0) is 31.9. The van der Waals surface area contributed by atoms with Crippen molar-refractivity contribution < 1.29 is 18.0 Å². The van der Waals surface area contributed by atoms with E-state index in [2.05, 4.69) is 5.32 Å². The molecule has 0 aliphatic rings. The molecule has 44 heavy (non-hydrogen) atoms. The number of rotatable bonds is 12. The molecule has 4 aromatic rings. The van der Waals surface area contributed by atoms with Gasteiger partial charge in [0.2, 0.25) is 11.8 Å². The van der Waals surface area contributed by atoms with E-state index in [0.717, 1.165) is 26.6 Å². The molecule has 0 fully saturated rings. The van der Waals surface area contributed by atoms with E-state index in [9.17, 15) is 18.0 Å². The predicted molar refractivity (Wildman–Crippen MR) is 176 cm³/mol. The van der Waals surface area contributed by atoms with Crippen LogP contribution in [0.25, 0.3) is 0 Å². The summed E-state index contributed by atoms with van der Waals surface area (Å²) in [5.41, 5.74) is 4.58. The Kier molecular flexibility index (Phi) is 10.8. The van der Waals surface area contributed by atoms with Crippen LogP contribution in [0.15, 0.2) is 102 Å². The molecule has 2 amide bonds. The molecule has 0 bridgehead atoms. The zero-order valence-electron chi connectivity index (χ0n) is 25.5. The Hall–Kier alpha value is -4.14. The Morgan fingerprint density at radius 2 is 1.43 bits per heavy atom. The van der Waals surface area contributed by atoms with E-state index < -0.39 is 28.5 Å². The molecular weight excluding hydrogens is 594 g/mol. The monoisotopic (exact) mass is 631 g/mol. The average Bonchev–Trinajstić information content (AvgIpc) is 2.98. The maximum absolute atomic E-state index is 14.5. The Labute approximate surface area is 265 Å². The molecule has 230 valence electrons. The van der Waals surface area contributed by atoms with Crippen molar-refractivity contribution in [3.8, 4) is 0 Å². The first-order chi connectivity index (χ1) is 21.0. The van der Waals surface area contributed by atoms with E-state index in [-0.39, 0.29) is 23.8 Å². The number of nitrogens with zero attached hydrogens (tertiary/aromatic N) is 2. The van der Waals surface area contributed by atoms with Gasteiger partial charge in [-0.3, -0.25) is 13.9 Å². The topological polar surface area (TPSA) is 86.8 Å². The van der Waals surface area contributed by atoms with Crippen molar-refractivity contribution in [2.24, 2.45) is 0 Å². The average molecular weight is 632 g/mol. The van der Waals surface area contributed by atoms with Crippen molar-refractivity contribution >= 4 is 39.1 Å². The van der Waals surface area contributed by atoms with E-state index >= 15 is 0 Å². The molecule has 9 heteroatoms. The molecule has 1 atom stereocenters. The predicted octanol–water partition coefficient (Wildman–Crippen LogP) is 6.24. The lowest BCUT2D eigenvalue weighted by atomic mass is 10.0. The molecule has 0 radical (unpaired) electrons. The van der Waals surface area contributed by atoms with Crippen LogP contribution in [0, 0.1) is 20.8 Å². The third-order valence-electron chi connectivity index (χ3n) is 7.25. The third-order valence-corrected chi connectivity index (χ3v) is 9.27. The van der Waals surface area contributed by atoms with Gasteiger partial charge < -0.3 is 10.2 Å². The van der Waals surface area contributed by atoms with Crippen molar-refractivity contribution in [3.63, 3.8) is 0 Å². The quantitative estimate of drug-likeness (QED) is 0.201. The second-order valence-corrected chi connectivity index (χ2v) is 13.2. The fourth-order valence-corrected chi connectivity index (χ4v) is 6.75. The third kappa shape index (κ3) is 8.27.